The van der Waals surface area contributed by atoms with E-state index in [1.807, 2.05) is 13.8 Å². The first-order valence-electron chi connectivity index (χ1n) is 5.85. The zero-order chi connectivity index (χ0) is 13.1. The topological polar surface area (TPSA) is 50.7 Å². The summed E-state index contributed by atoms with van der Waals surface area (Å²) in [4.78, 5) is 0. The highest BCUT2D eigenvalue weighted by atomic mass is 19.3. The van der Waals surface area contributed by atoms with Gasteiger partial charge in [0, 0.05) is 19.0 Å². The van der Waals surface area contributed by atoms with Crippen LogP contribution < -0.4 is 5.32 Å². The van der Waals surface area contributed by atoms with Crippen molar-refractivity contribution in [1.29, 1.82) is 0 Å². The van der Waals surface area contributed by atoms with Crippen LogP contribution in [0.25, 0.3) is 0 Å². The van der Waals surface area contributed by atoms with Crippen LogP contribution >= 0.6 is 0 Å². The third-order valence-corrected chi connectivity index (χ3v) is 1.96. The first kappa shape index (κ1) is 16.7. The van der Waals surface area contributed by atoms with Crippen molar-refractivity contribution in [1.82, 2.24) is 5.32 Å². The molecule has 0 bridgehead atoms. The minimum Gasteiger partial charge on any atom is -0.394 e. The van der Waals surface area contributed by atoms with Crippen LogP contribution in [0.2, 0.25) is 0 Å². The van der Waals surface area contributed by atoms with Gasteiger partial charge >= 0.3 is 0 Å². The number of halogens is 2. The van der Waals surface area contributed by atoms with Gasteiger partial charge in [-0.15, -0.1) is 0 Å². The average Bonchev–Trinajstić information content (AvgIpc) is 2.22. The molecule has 0 aliphatic carbocycles. The molecule has 0 radical (unpaired) electrons. The van der Waals surface area contributed by atoms with Crippen LogP contribution in [0.3, 0.4) is 0 Å². The number of nitrogens with one attached hydrogen (secondary N) is 1. The van der Waals surface area contributed by atoms with E-state index in [4.69, 9.17) is 14.6 Å². The van der Waals surface area contributed by atoms with E-state index in [-0.39, 0.29) is 45.4 Å². The van der Waals surface area contributed by atoms with Crippen LogP contribution in [0.15, 0.2) is 0 Å². The number of aliphatic hydroxyl groups excluding tert-OH is 1. The van der Waals surface area contributed by atoms with Gasteiger partial charge in [-0.2, -0.15) is 0 Å². The van der Waals surface area contributed by atoms with Crippen molar-refractivity contribution in [3.63, 3.8) is 0 Å². The van der Waals surface area contributed by atoms with Gasteiger partial charge in [0.05, 0.1) is 26.4 Å². The first-order chi connectivity index (χ1) is 7.98. The number of hydrogen-bond acceptors (Lipinski definition) is 4. The zero-order valence-corrected chi connectivity index (χ0v) is 10.5. The molecule has 0 saturated carbocycles. The fourth-order valence-corrected chi connectivity index (χ4v) is 1.12. The number of alkyl halides is 2. The molecule has 0 aromatic carbocycles. The molecule has 0 amide bonds. The van der Waals surface area contributed by atoms with Crippen LogP contribution in [-0.4, -0.2) is 56.7 Å². The minimum atomic E-state index is -2.81. The molecule has 0 aromatic heterocycles. The van der Waals surface area contributed by atoms with Crippen LogP contribution in [0.1, 0.15) is 20.3 Å². The summed E-state index contributed by atoms with van der Waals surface area (Å²) in [6.07, 6.45) is -0.233. The fraction of sp³-hybridized carbons (Fsp3) is 1.00. The maximum atomic E-state index is 13.2. The third-order valence-electron chi connectivity index (χ3n) is 1.96. The van der Waals surface area contributed by atoms with Gasteiger partial charge in [0.2, 0.25) is 0 Å². The fourth-order valence-electron chi connectivity index (χ4n) is 1.12. The molecule has 0 fully saturated rings. The SMILES string of the molecule is CC(C)NCCC(F)(F)COCCOCCO. The highest BCUT2D eigenvalue weighted by molar-refractivity contribution is 4.67. The Bertz CT molecular complexity index is 180. The molecule has 0 atom stereocenters. The van der Waals surface area contributed by atoms with Crippen LogP contribution in [-0.2, 0) is 9.47 Å². The summed E-state index contributed by atoms with van der Waals surface area (Å²) >= 11 is 0. The second-order valence-electron chi connectivity index (χ2n) is 4.10. The Kier molecular flexibility index (Phi) is 9.53. The molecule has 2 N–H and O–H groups in total. The molecule has 17 heavy (non-hydrogen) atoms. The summed E-state index contributed by atoms with van der Waals surface area (Å²) < 4.78 is 36.1. The number of rotatable bonds is 11. The van der Waals surface area contributed by atoms with Crippen LogP contribution in [0.5, 0.6) is 0 Å². The molecule has 0 aliphatic heterocycles. The van der Waals surface area contributed by atoms with E-state index < -0.39 is 12.5 Å². The van der Waals surface area contributed by atoms with E-state index in [1.54, 1.807) is 0 Å². The van der Waals surface area contributed by atoms with Gasteiger partial charge in [-0.3, -0.25) is 0 Å². The van der Waals surface area contributed by atoms with Crippen molar-refractivity contribution in [2.45, 2.75) is 32.2 Å². The number of ether oxygens (including phenoxy) is 2. The lowest BCUT2D eigenvalue weighted by atomic mass is 10.2. The molecule has 0 saturated heterocycles. The molecule has 0 heterocycles. The Balaban J connectivity index is 3.43. The van der Waals surface area contributed by atoms with Crippen molar-refractivity contribution in [2.75, 3.05) is 39.6 Å². The summed E-state index contributed by atoms with van der Waals surface area (Å²) in [5, 5.41) is 11.3. The molecule has 0 spiro atoms. The van der Waals surface area contributed by atoms with E-state index >= 15 is 0 Å². The average molecular weight is 255 g/mol. The predicted octanol–water partition coefficient (Wildman–Crippen LogP) is 1.04. The normalized spacial score (nSPS) is 12.4. The van der Waals surface area contributed by atoms with E-state index in [0.29, 0.717) is 0 Å². The lowest BCUT2D eigenvalue weighted by molar-refractivity contribution is -0.0901. The van der Waals surface area contributed by atoms with Gasteiger partial charge < -0.3 is 19.9 Å². The van der Waals surface area contributed by atoms with E-state index in [2.05, 4.69) is 5.32 Å². The standard InChI is InChI=1S/C11H23F2NO3/c1-10(2)14-4-3-11(12,13)9-17-8-7-16-6-5-15/h10,14-15H,3-9H2,1-2H3. The van der Waals surface area contributed by atoms with Gasteiger partial charge in [-0.05, 0) is 0 Å². The lowest BCUT2D eigenvalue weighted by Gasteiger charge is -2.17. The molecule has 0 rings (SSSR count). The number of hydrogen-bond donors (Lipinski definition) is 2. The van der Waals surface area contributed by atoms with Crippen molar-refractivity contribution >= 4 is 0 Å². The summed E-state index contributed by atoms with van der Waals surface area (Å²) in [6, 6.07) is 0.207. The summed E-state index contributed by atoms with van der Waals surface area (Å²) in [5.74, 6) is -2.81. The lowest BCUT2D eigenvalue weighted by Crippen LogP contribution is -2.32. The predicted molar refractivity (Wildman–Crippen MR) is 61.4 cm³/mol. The Labute approximate surface area is 101 Å². The van der Waals surface area contributed by atoms with Crippen molar-refractivity contribution in [2.24, 2.45) is 0 Å². The molecule has 104 valence electrons. The zero-order valence-electron chi connectivity index (χ0n) is 10.5. The van der Waals surface area contributed by atoms with Gasteiger partial charge in [-0.25, -0.2) is 8.78 Å². The van der Waals surface area contributed by atoms with Gasteiger partial charge in [-0.1, -0.05) is 13.8 Å². The van der Waals surface area contributed by atoms with Crippen LogP contribution in [0.4, 0.5) is 8.78 Å². The van der Waals surface area contributed by atoms with E-state index in [1.165, 1.54) is 0 Å². The maximum Gasteiger partial charge on any atom is 0.272 e. The second kappa shape index (κ2) is 9.70. The Hall–Kier alpha value is -0.300. The Morgan fingerprint density at radius 3 is 2.41 bits per heavy atom. The van der Waals surface area contributed by atoms with Crippen molar-refractivity contribution in [3.05, 3.63) is 0 Å². The van der Waals surface area contributed by atoms with E-state index in [0.717, 1.165) is 0 Å². The number of aliphatic hydroxyl groups is 1. The smallest absolute Gasteiger partial charge is 0.272 e. The minimum absolute atomic E-state index is 0.0724. The molecule has 6 heteroatoms. The molecular formula is C11H23F2NO3. The summed E-state index contributed by atoms with van der Waals surface area (Å²) in [7, 11) is 0. The van der Waals surface area contributed by atoms with Crippen molar-refractivity contribution in [3.8, 4) is 0 Å². The Morgan fingerprint density at radius 1 is 1.18 bits per heavy atom. The van der Waals surface area contributed by atoms with Gasteiger partial charge in [0.25, 0.3) is 5.92 Å². The highest BCUT2D eigenvalue weighted by Gasteiger charge is 2.28. The molecule has 0 aromatic rings. The van der Waals surface area contributed by atoms with Crippen molar-refractivity contribution < 1.29 is 23.4 Å². The van der Waals surface area contributed by atoms with Gasteiger partial charge in [0.15, 0.2) is 0 Å². The molecular weight excluding hydrogens is 232 g/mol. The third kappa shape index (κ3) is 12.0. The van der Waals surface area contributed by atoms with Gasteiger partial charge in [0.1, 0.15) is 6.61 Å². The first-order valence-corrected chi connectivity index (χ1v) is 5.85. The summed E-state index contributed by atoms with van der Waals surface area (Å²) in [6.45, 7) is 3.98. The monoisotopic (exact) mass is 255 g/mol. The Morgan fingerprint density at radius 2 is 1.82 bits per heavy atom. The van der Waals surface area contributed by atoms with Crippen LogP contribution in [0, 0.1) is 0 Å². The molecule has 0 unspecified atom stereocenters. The highest BCUT2D eigenvalue weighted by Crippen LogP contribution is 2.17. The molecule has 0 aliphatic rings. The molecule has 4 nitrogen and oxygen atoms in total. The second-order valence-corrected chi connectivity index (χ2v) is 4.10. The van der Waals surface area contributed by atoms with E-state index in [9.17, 15) is 8.78 Å². The maximum absolute atomic E-state index is 13.2. The summed E-state index contributed by atoms with van der Waals surface area (Å²) in [5.41, 5.74) is 0. The largest absolute Gasteiger partial charge is 0.394 e. The quantitative estimate of drug-likeness (QED) is 0.542.